The minimum atomic E-state index is -5.65. The summed E-state index contributed by atoms with van der Waals surface area (Å²) in [5.74, 6) is -1.23. The van der Waals surface area contributed by atoms with E-state index in [1.165, 1.54) is 12.1 Å². The fourth-order valence-electron chi connectivity index (χ4n) is 1.01. The van der Waals surface area contributed by atoms with Gasteiger partial charge in [-0.3, -0.25) is 4.55 Å². The van der Waals surface area contributed by atoms with E-state index in [-0.39, 0.29) is 16.7 Å². The second-order valence-corrected chi connectivity index (χ2v) is 5.08. The van der Waals surface area contributed by atoms with E-state index in [4.69, 9.17) is 18.1 Å². The fourth-order valence-corrected chi connectivity index (χ4v) is 1.22. The number of hydrogen-bond acceptors (Lipinski definition) is 5. The first-order chi connectivity index (χ1) is 8.54. The van der Waals surface area contributed by atoms with Gasteiger partial charge in [0.25, 0.3) is 0 Å². The van der Waals surface area contributed by atoms with E-state index >= 15 is 0 Å². The largest absolute Gasteiger partial charge is 0.454 e. The Morgan fingerprint density at radius 1 is 1.47 bits per heavy atom. The highest BCUT2D eigenvalue weighted by Gasteiger charge is 2.45. The van der Waals surface area contributed by atoms with Crippen LogP contribution in [-0.2, 0) is 14.9 Å². The number of benzene rings is 1. The molecule has 0 amide bonds. The van der Waals surface area contributed by atoms with Crippen LogP contribution in [0.4, 0.5) is 14.5 Å². The molecule has 0 bridgehead atoms. The Bertz CT molecular complexity index is 605. The molecular weight excluding hydrogens is 283 g/mol. The molecule has 0 aliphatic carbocycles. The van der Waals surface area contributed by atoms with E-state index in [0.29, 0.717) is 0 Å². The molecule has 0 atom stereocenters. The summed E-state index contributed by atoms with van der Waals surface area (Å²) in [6.45, 7) is -1.81. The number of carbonyl (C=O) groups is 1. The lowest BCUT2D eigenvalue weighted by Crippen LogP contribution is -2.34. The van der Waals surface area contributed by atoms with Crippen LogP contribution >= 0.6 is 0 Å². The lowest BCUT2D eigenvalue weighted by atomic mass is 9.92. The van der Waals surface area contributed by atoms with Gasteiger partial charge in [0.15, 0.2) is 6.61 Å². The van der Waals surface area contributed by atoms with Gasteiger partial charge in [-0.2, -0.15) is 17.2 Å². The topological polar surface area (TPSA) is 107 Å². The zero-order chi connectivity index (χ0) is 14.8. The van der Waals surface area contributed by atoms with E-state index in [0.717, 1.165) is 6.07 Å². The summed E-state index contributed by atoms with van der Waals surface area (Å²) in [6.07, 6.45) is 0. The maximum absolute atomic E-state index is 12.8. The first-order valence-electron chi connectivity index (χ1n) is 4.71. The fraction of sp³-hybridized carbons (Fsp3) is 0.222. The van der Waals surface area contributed by atoms with E-state index in [1.807, 2.05) is 0 Å². The number of alkyl halides is 2. The van der Waals surface area contributed by atoms with Gasteiger partial charge in [0.2, 0.25) is 0 Å². The summed E-state index contributed by atoms with van der Waals surface area (Å²) in [5, 5.41) is -4.58. The zero-order valence-electron chi connectivity index (χ0n) is 9.34. The number of halogens is 2. The number of nitrogens with two attached hydrogens (primary N) is 1. The van der Waals surface area contributed by atoms with Gasteiger partial charge in [-0.15, -0.1) is 0 Å². The molecule has 0 aliphatic rings. The highest BCUT2D eigenvalue weighted by atomic mass is 32.2. The average molecular weight is 291 g/mol. The van der Waals surface area contributed by atoms with Crippen LogP contribution in [0.5, 0.6) is 0 Å². The van der Waals surface area contributed by atoms with Crippen molar-refractivity contribution in [1.82, 2.24) is 0 Å². The van der Waals surface area contributed by atoms with Crippen LogP contribution in [0.25, 0.3) is 0 Å². The number of anilines is 1. The lowest BCUT2D eigenvalue weighted by Gasteiger charge is -2.13. The molecule has 0 saturated carbocycles. The normalized spacial score (nSPS) is 12.2. The highest BCUT2D eigenvalue weighted by Crippen LogP contribution is 2.21. The third kappa shape index (κ3) is 3.64. The number of esters is 1. The van der Waals surface area contributed by atoms with E-state index in [1.54, 1.807) is 0 Å². The molecule has 0 heterocycles. The molecule has 1 aromatic carbocycles. The molecule has 102 valence electrons. The van der Waals surface area contributed by atoms with Gasteiger partial charge in [0.05, 0.1) is 5.56 Å². The summed E-state index contributed by atoms with van der Waals surface area (Å²) in [5.41, 5.74) is 5.42. The van der Waals surface area contributed by atoms with Crippen molar-refractivity contribution in [3.63, 3.8) is 0 Å². The molecule has 2 radical (unpaired) electrons. The Kier molecular flexibility index (Phi) is 4.16. The van der Waals surface area contributed by atoms with Crippen LogP contribution in [0.3, 0.4) is 0 Å². The van der Waals surface area contributed by atoms with Gasteiger partial charge >= 0.3 is 21.3 Å². The standard InChI is InChI=1S/C9H8BF2NO5S/c10-6-3-5(1-2-7(6)13)8(14)18-4-9(11,12)19(15,16)17/h1-3H,4,13H2,(H,15,16,17). The van der Waals surface area contributed by atoms with Gasteiger partial charge in [0, 0.05) is 5.69 Å². The minimum Gasteiger partial charge on any atom is -0.454 e. The van der Waals surface area contributed by atoms with Gasteiger partial charge in [-0.05, 0) is 12.1 Å². The van der Waals surface area contributed by atoms with E-state index < -0.39 is 27.9 Å². The summed E-state index contributed by atoms with van der Waals surface area (Å²) in [7, 11) is -0.258. The number of carbonyl (C=O) groups excluding carboxylic acids is 1. The van der Waals surface area contributed by atoms with Gasteiger partial charge < -0.3 is 10.5 Å². The van der Waals surface area contributed by atoms with Crippen molar-refractivity contribution in [1.29, 1.82) is 0 Å². The van der Waals surface area contributed by atoms with Gasteiger partial charge in [-0.1, -0.05) is 11.5 Å². The summed E-state index contributed by atoms with van der Waals surface area (Å²) in [6, 6.07) is 3.51. The molecule has 0 spiro atoms. The third-order valence-electron chi connectivity index (χ3n) is 2.07. The van der Waals surface area contributed by atoms with Crippen LogP contribution in [0.2, 0.25) is 0 Å². The second-order valence-electron chi connectivity index (χ2n) is 3.53. The third-order valence-corrected chi connectivity index (χ3v) is 2.94. The van der Waals surface area contributed by atoms with E-state index in [9.17, 15) is 22.0 Å². The quantitative estimate of drug-likeness (QED) is 0.341. The highest BCUT2D eigenvalue weighted by molar-refractivity contribution is 7.86. The van der Waals surface area contributed by atoms with Crippen LogP contribution in [0, 0.1) is 0 Å². The molecule has 19 heavy (non-hydrogen) atoms. The molecule has 0 unspecified atom stereocenters. The Morgan fingerprint density at radius 3 is 2.53 bits per heavy atom. The number of hydrogen-bond donors (Lipinski definition) is 2. The molecule has 6 nitrogen and oxygen atoms in total. The smallest absolute Gasteiger partial charge is 0.402 e. The van der Waals surface area contributed by atoms with Crippen molar-refractivity contribution in [2.24, 2.45) is 0 Å². The summed E-state index contributed by atoms with van der Waals surface area (Å²) in [4.78, 5) is 11.4. The van der Waals surface area contributed by atoms with Crippen LogP contribution in [0.1, 0.15) is 10.4 Å². The Hall–Kier alpha value is -1.68. The molecule has 0 saturated heterocycles. The maximum atomic E-state index is 12.8. The molecular formula is C9H8BF2NO5S. The second kappa shape index (κ2) is 5.13. The van der Waals surface area contributed by atoms with Crippen molar-refractivity contribution in [3.8, 4) is 0 Å². The predicted octanol–water partition coefficient (Wildman–Crippen LogP) is -0.300. The maximum Gasteiger partial charge on any atom is 0.402 e. The SMILES string of the molecule is [B]c1cc(C(=O)OCC(F)(F)S(=O)(=O)O)ccc1N. The van der Waals surface area contributed by atoms with Crippen LogP contribution in [0.15, 0.2) is 18.2 Å². The zero-order valence-corrected chi connectivity index (χ0v) is 10.2. The lowest BCUT2D eigenvalue weighted by molar-refractivity contribution is -0.00949. The minimum absolute atomic E-state index is 0.0380. The van der Waals surface area contributed by atoms with Gasteiger partial charge in [0.1, 0.15) is 7.85 Å². The molecule has 10 heteroatoms. The monoisotopic (exact) mass is 291 g/mol. The average Bonchev–Trinajstić information content (AvgIpc) is 2.28. The number of nitrogen functional groups attached to an aromatic ring is 1. The van der Waals surface area contributed by atoms with Crippen molar-refractivity contribution < 1.29 is 31.3 Å². The summed E-state index contributed by atoms with van der Waals surface area (Å²) >= 11 is 0. The Balaban J connectivity index is 2.79. The molecule has 0 fully saturated rings. The number of ether oxygens (including phenoxy) is 1. The van der Waals surface area contributed by atoms with Crippen molar-refractivity contribution in [2.45, 2.75) is 5.25 Å². The Labute approximate surface area is 108 Å². The van der Waals surface area contributed by atoms with Crippen molar-refractivity contribution in [3.05, 3.63) is 23.8 Å². The van der Waals surface area contributed by atoms with E-state index in [2.05, 4.69) is 4.74 Å². The molecule has 0 aromatic heterocycles. The molecule has 1 rings (SSSR count). The predicted molar refractivity (Wildman–Crippen MR) is 63.0 cm³/mol. The van der Waals surface area contributed by atoms with Crippen LogP contribution in [-0.4, -0.2) is 38.6 Å². The Morgan fingerprint density at radius 2 is 2.05 bits per heavy atom. The number of rotatable bonds is 4. The van der Waals surface area contributed by atoms with Crippen molar-refractivity contribution in [2.75, 3.05) is 12.3 Å². The summed E-state index contributed by atoms with van der Waals surface area (Å²) < 4.78 is 58.4. The first-order valence-corrected chi connectivity index (χ1v) is 6.15. The first kappa shape index (κ1) is 15.4. The molecule has 3 N–H and O–H groups in total. The molecule has 0 aliphatic heterocycles. The van der Waals surface area contributed by atoms with Crippen molar-refractivity contribution >= 4 is 35.1 Å². The van der Waals surface area contributed by atoms with Crippen LogP contribution < -0.4 is 11.2 Å². The van der Waals surface area contributed by atoms with Gasteiger partial charge in [-0.25, -0.2) is 4.79 Å². The molecule has 1 aromatic rings.